The van der Waals surface area contributed by atoms with Crippen LogP contribution in [-0.2, 0) is 9.53 Å². The molecule has 2 aromatic rings. The minimum atomic E-state index is -0.506. The summed E-state index contributed by atoms with van der Waals surface area (Å²) in [6.45, 7) is 3.79. The monoisotopic (exact) mass is 429 g/mol. The number of benzene rings is 2. The van der Waals surface area contributed by atoms with Gasteiger partial charge in [0.15, 0.2) is 11.7 Å². The van der Waals surface area contributed by atoms with E-state index in [9.17, 15) is 14.4 Å². The van der Waals surface area contributed by atoms with Crippen molar-refractivity contribution in [3.63, 3.8) is 0 Å². The highest BCUT2D eigenvalue weighted by Crippen LogP contribution is 2.13. The molecule has 158 valence electrons. The number of esters is 1. The number of ether oxygens (including phenoxy) is 2. The van der Waals surface area contributed by atoms with E-state index in [-0.39, 0.29) is 17.6 Å². The molecule has 0 bridgehead atoms. The van der Waals surface area contributed by atoms with Gasteiger partial charge in [-0.2, -0.15) is 0 Å². The van der Waals surface area contributed by atoms with Crippen molar-refractivity contribution in [3.8, 4) is 5.75 Å². The fourth-order valence-electron chi connectivity index (χ4n) is 2.31. The van der Waals surface area contributed by atoms with Crippen LogP contribution in [0.3, 0.4) is 0 Å². The number of hydrogen-bond donors (Lipinski definition) is 3. The van der Waals surface area contributed by atoms with Crippen molar-refractivity contribution in [1.29, 1.82) is 0 Å². The van der Waals surface area contributed by atoms with E-state index in [0.717, 1.165) is 12.0 Å². The molecule has 2 rings (SSSR count). The molecule has 0 aromatic heterocycles. The second kappa shape index (κ2) is 11.5. The van der Waals surface area contributed by atoms with Gasteiger partial charge in [0.25, 0.3) is 11.8 Å². The van der Waals surface area contributed by atoms with Crippen LogP contribution in [-0.4, -0.2) is 36.1 Å². The SMILES string of the molecule is CCCOC(=O)c1ccc(OCC(=O)NNC(=S)NC(=O)c2ccccc2C)cc1. The highest BCUT2D eigenvalue weighted by Gasteiger charge is 2.11. The molecule has 3 N–H and O–H groups in total. The van der Waals surface area contributed by atoms with Crippen molar-refractivity contribution in [2.45, 2.75) is 20.3 Å². The minimum absolute atomic E-state index is 0.0495. The van der Waals surface area contributed by atoms with Gasteiger partial charge < -0.3 is 9.47 Å². The summed E-state index contributed by atoms with van der Waals surface area (Å²) < 4.78 is 10.4. The van der Waals surface area contributed by atoms with E-state index in [1.165, 1.54) is 0 Å². The summed E-state index contributed by atoms with van der Waals surface area (Å²) in [7, 11) is 0. The van der Waals surface area contributed by atoms with Gasteiger partial charge in [-0.15, -0.1) is 0 Å². The first kappa shape index (κ1) is 22.8. The first-order chi connectivity index (χ1) is 14.4. The Morgan fingerprint density at radius 1 is 1.00 bits per heavy atom. The maximum Gasteiger partial charge on any atom is 0.338 e. The molecular weight excluding hydrogens is 406 g/mol. The molecule has 0 saturated carbocycles. The molecule has 30 heavy (non-hydrogen) atoms. The van der Waals surface area contributed by atoms with Crippen LogP contribution in [0.25, 0.3) is 0 Å². The topological polar surface area (TPSA) is 106 Å². The third-order valence-corrected chi connectivity index (χ3v) is 4.03. The standard InChI is InChI=1S/C21H23N3O5S/c1-3-12-28-20(27)15-8-10-16(11-9-15)29-13-18(25)23-24-21(30)22-19(26)17-7-5-4-6-14(17)2/h4-11H,3,12-13H2,1-2H3,(H,23,25)(H2,22,24,26,30). The zero-order valence-corrected chi connectivity index (χ0v) is 17.5. The van der Waals surface area contributed by atoms with Crippen LogP contribution in [0, 0.1) is 6.92 Å². The summed E-state index contributed by atoms with van der Waals surface area (Å²) >= 11 is 5.00. The molecule has 0 aliphatic carbocycles. The fraction of sp³-hybridized carbons (Fsp3) is 0.238. The average Bonchev–Trinajstić information content (AvgIpc) is 2.75. The Balaban J connectivity index is 1.73. The molecule has 0 atom stereocenters. The van der Waals surface area contributed by atoms with Crippen LogP contribution >= 0.6 is 12.2 Å². The molecule has 0 aliphatic heterocycles. The predicted molar refractivity (Wildman–Crippen MR) is 115 cm³/mol. The second-order valence-corrected chi connectivity index (χ2v) is 6.63. The lowest BCUT2D eigenvalue weighted by molar-refractivity contribution is -0.123. The largest absolute Gasteiger partial charge is 0.484 e. The molecule has 2 amide bonds. The van der Waals surface area contributed by atoms with E-state index in [1.807, 2.05) is 26.0 Å². The third kappa shape index (κ3) is 7.17. The zero-order chi connectivity index (χ0) is 21.9. The van der Waals surface area contributed by atoms with Gasteiger partial charge in [-0.1, -0.05) is 25.1 Å². The van der Waals surface area contributed by atoms with Gasteiger partial charge in [-0.25, -0.2) is 4.79 Å². The van der Waals surface area contributed by atoms with Crippen molar-refractivity contribution in [3.05, 3.63) is 65.2 Å². The summed E-state index contributed by atoms with van der Waals surface area (Å²) in [6, 6.07) is 13.3. The summed E-state index contributed by atoms with van der Waals surface area (Å²) in [5, 5.41) is 2.43. The van der Waals surface area contributed by atoms with Crippen molar-refractivity contribution >= 4 is 35.1 Å². The van der Waals surface area contributed by atoms with Crippen molar-refractivity contribution in [2.24, 2.45) is 0 Å². The summed E-state index contributed by atoms with van der Waals surface area (Å²) in [5.41, 5.74) is 6.46. The molecule has 2 aromatic carbocycles. The van der Waals surface area contributed by atoms with Gasteiger partial charge in [-0.3, -0.25) is 25.8 Å². The van der Waals surface area contributed by atoms with E-state index >= 15 is 0 Å². The Hall–Kier alpha value is -3.46. The quantitative estimate of drug-likeness (QED) is 0.352. The lowest BCUT2D eigenvalue weighted by Crippen LogP contribution is -2.49. The van der Waals surface area contributed by atoms with Gasteiger partial charge in [0.05, 0.1) is 12.2 Å². The van der Waals surface area contributed by atoms with Gasteiger partial charge >= 0.3 is 5.97 Å². The maximum absolute atomic E-state index is 12.2. The number of hydrogen-bond acceptors (Lipinski definition) is 6. The molecule has 0 unspecified atom stereocenters. The van der Waals surface area contributed by atoms with E-state index in [2.05, 4.69) is 16.2 Å². The average molecular weight is 429 g/mol. The van der Waals surface area contributed by atoms with E-state index in [0.29, 0.717) is 23.5 Å². The number of thiocarbonyl (C=S) groups is 1. The molecule has 0 fully saturated rings. The Morgan fingerprint density at radius 2 is 1.70 bits per heavy atom. The number of aryl methyl sites for hydroxylation is 1. The molecule has 8 nitrogen and oxygen atoms in total. The molecular formula is C21H23N3O5S. The van der Waals surface area contributed by atoms with Gasteiger partial charge in [0, 0.05) is 5.56 Å². The third-order valence-electron chi connectivity index (χ3n) is 3.83. The van der Waals surface area contributed by atoms with Crippen LogP contribution in [0.5, 0.6) is 5.75 Å². The fourth-order valence-corrected chi connectivity index (χ4v) is 2.45. The van der Waals surface area contributed by atoms with Gasteiger partial charge in [-0.05, 0) is 61.5 Å². The van der Waals surface area contributed by atoms with Gasteiger partial charge in [0.2, 0.25) is 0 Å². The number of carbonyl (C=O) groups excluding carboxylic acids is 3. The van der Waals surface area contributed by atoms with Crippen molar-refractivity contribution in [1.82, 2.24) is 16.2 Å². The normalized spacial score (nSPS) is 9.93. The number of carbonyl (C=O) groups is 3. The maximum atomic E-state index is 12.2. The Morgan fingerprint density at radius 3 is 2.37 bits per heavy atom. The first-order valence-electron chi connectivity index (χ1n) is 9.26. The van der Waals surface area contributed by atoms with Gasteiger partial charge in [0.1, 0.15) is 5.75 Å². The molecule has 0 saturated heterocycles. The van der Waals surface area contributed by atoms with Crippen LogP contribution in [0.4, 0.5) is 0 Å². The van der Waals surface area contributed by atoms with Crippen LogP contribution in [0.15, 0.2) is 48.5 Å². The Kier molecular flexibility index (Phi) is 8.76. The predicted octanol–water partition coefficient (Wildman–Crippen LogP) is 2.28. The highest BCUT2D eigenvalue weighted by molar-refractivity contribution is 7.80. The smallest absolute Gasteiger partial charge is 0.338 e. The highest BCUT2D eigenvalue weighted by atomic mass is 32.1. The zero-order valence-electron chi connectivity index (χ0n) is 16.7. The Labute approximate surface area is 179 Å². The summed E-state index contributed by atoms with van der Waals surface area (Å²) in [6.07, 6.45) is 0.745. The molecule has 0 radical (unpaired) electrons. The number of amides is 2. The number of hydrazine groups is 1. The minimum Gasteiger partial charge on any atom is -0.484 e. The number of nitrogens with one attached hydrogen (secondary N) is 3. The summed E-state index contributed by atoms with van der Waals surface area (Å²) in [5.74, 6) is -0.887. The van der Waals surface area contributed by atoms with E-state index in [4.69, 9.17) is 21.7 Å². The lowest BCUT2D eigenvalue weighted by atomic mass is 10.1. The lowest BCUT2D eigenvalue weighted by Gasteiger charge is -2.12. The van der Waals surface area contributed by atoms with Crippen LogP contribution < -0.4 is 20.9 Å². The van der Waals surface area contributed by atoms with Crippen molar-refractivity contribution < 1.29 is 23.9 Å². The summed E-state index contributed by atoms with van der Waals surface area (Å²) in [4.78, 5) is 35.8. The Bertz CT molecular complexity index is 915. The van der Waals surface area contributed by atoms with Crippen LogP contribution in [0.2, 0.25) is 0 Å². The molecule has 0 heterocycles. The van der Waals surface area contributed by atoms with Crippen molar-refractivity contribution in [2.75, 3.05) is 13.2 Å². The molecule has 0 spiro atoms. The second-order valence-electron chi connectivity index (χ2n) is 6.22. The molecule has 0 aliphatic rings. The first-order valence-corrected chi connectivity index (χ1v) is 9.67. The number of rotatable bonds is 7. The molecule has 9 heteroatoms. The van der Waals surface area contributed by atoms with E-state index in [1.54, 1.807) is 36.4 Å². The van der Waals surface area contributed by atoms with E-state index < -0.39 is 11.9 Å². The van der Waals surface area contributed by atoms with Crippen LogP contribution in [0.1, 0.15) is 39.6 Å².